The van der Waals surface area contributed by atoms with Crippen LogP contribution in [-0.4, -0.2) is 49.6 Å². The molecule has 4 rings (SSSR count). The largest absolute Gasteiger partial charge is 0.472 e. The molecule has 0 spiro atoms. The van der Waals surface area contributed by atoms with Gasteiger partial charge in [0.1, 0.15) is 11.9 Å². The van der Waals surface area contributed by atoms with Crippen molar-refractivity contribution in [3.8, 4) is 17.3 Å². The van der Waals surface area contributed by atoms with Gasteiger partial charge in [-0.05, 0) is 70.0 Å². The topological polar surface area (TPSA) is 88.4 Å². The van der Waals surface area contributed by atoms with Gasteiger partial charge in [0.2, 0.25) is 5.88 Å². The fourth-order valence-electron chi connectivity index (χ4n) is 4.04. The number of pyridine rings is 1. The SMILES string of the molecule is C[C@@H]1CC[C@@H](Oc2ncccc2C(C)(C)O)CN1C(=O)c1cc(F)ccc1-c1ncccn1. The van der Waals surface area contributed by atoms with Crippen LogP contribution in [0, 0.1) is 5.82 Å². The second kappa shape index (κ2) is 9.23. The van der Waals surface area contributed by atoms with Crippen LogP contribution in [0.15, 0.2) is 55.0 Å². The first-order valence-corrected chi connectivity index (χ1v) is 11.0. The fourth-order valence-corrected chi connectivity index (χ4v) is 4.04. The minimum atomic E-state index is -1.12. The lowest BCUT2D eigenvalue weighted by atomic mass is 9.97. The van der Waals surface area contributed by atoms with E-state index in [2.05, 4.69) is 15.0 Å². The van der Waals surface area contributed by atoms with Crippen LogP contribution in [-0.2, 0) is 5.60 Å². The van der Waals surface area contributed by atoms with Crippen molar-refractivity contribution in [1.29, 1.82) is 0 Å². The first-order chi connectivity index (χ1) is 15.7. The third-order valence-electron chi connectivity index (χ3n) is 5.83. The minimum absolute atomic E-state index is 0.0531. The minimum Gasteiger partial charge on any atom is -0.472 e. The van der Waals surface area contributed by atoms with Gasteiger partial charge in [-0.25, -0.2) is 19.3 Å². The van der Waals surface area contributed by atoms with Crippen LogP contribution in [0.3, 0.4) is 0 Å². The molecule has 1 aliphatic heterocycles. The number of hydrogen-bond acceptors (Lipinski definition) is 6. The van der Waals surface area contributed by atoms with Crippen molar-refractivity contribution >= 4 is 5.91 Å². The molecular formula is C25H27FN4O3. The summed E-state index contributed by atoms with van der Waals surface area (Å²) in [5.74, 6) is -0.0945. The van der Waals surface area contributed by atoms with Crippen LogP contribution >= 0.6 is 0 Å². The van der Waals surface area contributed by atoms with Gasteiger partial charge in [-0.1, -0.05) is 0 Å². The van der Waals surface area contributed by atoms with E-state index in [4.69, 9.17) is 4.74 Å². The molecule has 2 aromatic heterocycles. The summed E-state index contributed by atoms with van der Waals surface area (Å²) in [5.41, 5.74) is 0.151. The van der Waals surface area contributed by atoms with Gasteiger partial charge in [-0.15, -0.1) is 0 Å². The number of hydrogen-bond donors (Lipinski definition) is 1. The molecule has 0 unspecified atom stereocenters. The number of aliphatic hydroxyl groups is 1. The van der Waals surface area contributed by atoms with Gasteiger partial charge in [0.15, 0.2) is 5.82 Å². The normalized spacial score (nSPS) is 18.8. The molecule has 1 N–H and O–H groups in total. The van der Waals surface area contributed by atoms with Crippen LogP contribution in [0.25, 0.3) is 11.4 Å². The molecule has 33 heavy (non-hydrogen) atoms. The lowest BCUT2D eigenvalue weighted by Gasteiger charge is -2.38. The second-order valence-electron chi connectivity index (χ2n) is 8.80. The molecule has 7 nitrogen and oxygen atoms in total. The number of piperidine rings is 1. The molecule has 3 aromatic rings. The number of carbonyl (C=O) groups excluding carboxylic acids is 1. The number of benzene rings is 1. The third kappa shape index (κ3) is 5.01. The molecule has 0 saturated carbocycles. The van der Waals surface area contributed by atoms with Gasteiger partial charge in [0, 0.05) is 35.8 Å². The summed E-state index contributed by atoms with van der Waals surface area (Å²) >= 11 is 0. The van der Waals surface area contributed by atoms with Crippen molar-refractivity contribution in [3.05, 3.63) is 71.9 Å². The summed E-state index contributed by atoms with van der Waals surface area (Å²) in [7, 11) is 0. The predicted octanol–water partition coefficient (Wildman–Crippen LogP) is 3.98. The first-order valence-electron chi connectivity index (χ1n) is 11.0. The van der Waals surface area contributed by atoms with E-state index >= 15 is 0 Å². The highest BCUT2D eigenvalue weighted by molar-refractivity contribution is 6.00. The van der Waals surface area contributed by atoms with Crippen LogP contribution in [0.1, 0.15) is 49.5 Å². The summed E-state index contributed by atoms with van der Waals surface area (Å²) in [6.07, 6.45) is 5.91. The maximum Gasteiger partial charge on any atom is 0.255 e. The smallest absolute Gasteiger partial charge is 0.255 e. The zero-order chi connectivity index (χ0) is 23.6. The number of halogens is 1. The fraction of sp³-hybridized carbons (Fsp3) is 0.360. The third-order valence-corrected chi connectivity index (χ3v) is 5.83. The summed E-state index contributed by atoms with van der Waals surface area (Å²) in [6, 6.07) is 9.21. The van der Waals surface area contributed by atoms with E-state index in [9.17, 15) is 14.3 Å². The Kier molecular flexibility index (Phi) is 6.37. The molecule has 1 aliphatic rings. The molecular weight excluding hydrogens is 423 g/mol. The van der Waals surface area contributed by atoms with Crippen molar-refractivity contribution in [2.24, 2.45) is 0 Å². The van der Waals surface area contributed by atoms with E-state index in [1.165, 1.54) is 18.2 Å². The van der Waals surface area contributed by atoms with E-state index in [-0.39, 0.29) is 23.6 Å². The van der Waals surface area contributed by atoms with Gasteiger partial charge in [-0.3, -0.25) is 4.79 Å². The molecule has 172 valence electrons. The van der Waals surface area contributed by atoms with E-state index in [0.29, 0.717) is 35.8 Å². The summed E-state index contributed by atoms with van der Waals surface area (Å²) in [6.45, 7) is 5.63. The molecule has 1 saturated heterocycles. The van der Waals surface area contributed by atoms with Crippen LogP contribution in [0.5, 0.6) is 5.88 Å². The molecule has 0 radical (unpaired) electrons. The van der Waals surface area contributed by atoms with Gasteiger partial charge in [0.05, 0.1) is 17.7 Å². The van der Waals surface area contributed by atoms with Crippen LogP contribution < -0.4 is 4.74 Å². The molecule has 1 aromatic carbocycles. The lowest BCUT2D eigenvalue weighted by Crippen LogP contribution is -2.49. The van der Waals surface area contributed by atoms with Crippen molar-refractivity contribution < 1.29 is 19.0 Å². The van der Waals surface area contributed by atoms with Crippen molar-refractivity contribution in [2.45, 2.75) is 51.4 Å². The lowest BCUT2D eigenvalue weighted by molar-refractivity contribution is 0.0326. The second-order valence-corrected chi connectivity index (χ2v) is 8.80. The average molecular weight is 451 g/mol. The van der Waals surface area contributed by atoms with E-state index in [1.807, 2.05) is 6.92 Å². The van der Waals surface area contributed by atoms with E-state index in [0.717, 1.165) is 6.42 Å². The molecule has 2 atom stereocenters. The molecule has 1 amide bonds. The molecule has 8 heteroatoms. The summed E-state index contributed by atoms with van der Waals surface area (Å²) < 4.78 is 20.3. The zero-order valence-corrected chi connectivity index (χ0v) is 18.9. The maximum absolute atomic E-state index is 14.1. The Hall–Kier alpha value is -3.39. The van der Waals surface area contributed by atoms with Gasteiger partial charge < -0.3 is 14.7 Å². The Morgan fingerprint density at radius 1 is 1.12 bits per heavy atom. The van der Waals surface area contributed by atoms with Gasteiger partial charge >= 0.3 is 0 Å². The van der Waals surface area contributed by atoms with Crippen molar-refractivity contribution in [1.82, 2.24) is 19.9 Å². The van der Waals surface area contributed by atoms with Crippen LogP contribution in [0.4, 0.5) is 4.39 Å². The maximum atomic E-state index is 14.1. The molecule has 0 aliphatic carbocycles. The first kappa shape index (κ1) is 22.8. The summed E-state index contributed by atoms with van der Waals surface area (Å²) in [4.78, 5) is 28.0. The number of aromatic nitrogens is 3. The number of likely N-dealkylation sites (tertiary alicyclic amines) is 1. The Bertz CT molecular complexity index is 1130. The zero-order valence-electron chi connectivity index (χ0n) is 18.9. The van der Waals surface area contributed by atoms with E-state index < -0.39 is 11.4 Å². The monoisotopic (exact) mass is 450 g/mol. The summed E-state index contributed by atoms with van der Waals surface area (Å²) in [5, 5.41) is 10.5. The standard InChI is InChI=1S/C25H27FN4O3/c1-16-7-9-18(33-23-21(25(2,3)32)6-4-11-29-23)15-30(16)24(31)20-14-17(26)8-10-19(20)22-27-12-5-13-28-22/h4-6,8,10-14,16,18,32H,7,9,15H2,1-3H3/t16-,18-/m1/s1. The van der Waals surface area contributed by atoms with Gasteiger partial charge in [-0.2, -0.15) is 0 Å². The average Bonchev–Trinajstić information content (AvgIpc) is 2.80. The Morgan fingerprint density at radius 3 is 2.58 bits per heavy atom. The number of nitrogens with zero attached hydrogens (tertiary/aromatic N) is 4. The van der Waals surface area contributed by atoms with E-state index in [1.54, 1.807) is 55.5 Å². The Morgan fingerprint density at radius 2 is 1.85 bits per heavy atom. The predicted molar refractivity (Wildman–Crippen MR) is 121 cm³/mol. The Labute approximate surface area is 192 Å². The highest BCUT2D eigenvalue weighted by Crippen LogP contribution is 2.31. The number of amides is 1. The number of rotatable bonds is 5. The van der Waals surface area contributed by atoms with Crippen molar-refractivity contribution in [2.75, 3.05) is 6.54 Å². The quantitative estimate of drug-likeness (QED) is 0.633. The van der Waals surface area contributed by atoms with Gasteiger partial charge in [0.25, 0.3) is 5.91 Å². The Balaban J connectivity index is 1.60. The molecule has 1 fully saturated rings. The van der Waals surface area contributed by atoms with Crippen LogP contribution in [0.2, 0.25) is 0 Å². The molecule has 3 heterocycles. The van der Waals surface area contributed by atoms with Crippen molar-refractivity contribution in [3.63, 3.8) is 0 Å². The molecule has 0 bridgehead atoms. The highest BCUT2D eigenvalue weighted by Gasteiger charge is 2.33. The highest BCUT2D eigenvalue weighted by atomic mass is 19.1. The number of carbonyl (C=O) groups is 1. The number of ether oxygens (including phenoxy) is 1.